The van der Waals surface area contributed by atoms with Gasteiger partial charge >= 0.3 is 7.12 Å². The van der Waals surface area contributed by atoms with Crippen molar-refractivity contribution in [1.29, 1.82) is 5.26 Å². The summed E-state index contributed by atoms with van der Waals surface area (Å²) in [4.78, 5) is 9.17. The van der Waals surface area contributed by atoms with Gasteiger partial charge in [-0.1, -0.05) is 18.2 Å². The number of benzene rings is 1. The fraction of sp³-hybridized carbons (Fsp3) is 0. The predicted octanol–water partition coefficient (Wildman–Crippen LogP) is 0.215. The summed E-state index contributed by atoms with van der Waals surface area (Å²) in [5, 5.41) is 8.63. The van der Waals surface area contributed by atoms with E-state index in [9.17, 15) is 0 Å². The summed E-state index contributed by atoms with van der Waals surface area (Å²) < 4.78 is 0. The molecule has 1 aliphatic heterocycles. The van der Waals surface area contributed by atoms with Crippen LogP contribution < -0.4 is 5.46 Å². The first-order valence-corrected chi connectivity index (χ1v) is 3.23. The lowest BCUT2D eigenvalue weighted by Crippen LogP contribution is -2.19. The van der Waals surface area contributed by atoms with Crippen molar-refractivity contribution in [2.45, 2.75) is 0 Å². The quantitative estimate of drug-likeness (QED) is 0.322. The minimum Gasteiger partial charge on any atom is -0.267 e. The van der Waals surface area contributed by atoms with Crippen LogP contribution in [-0.2, 0) is 9.61 Å². The van der Waals surface area contributed by atoms with Crippen molar-refractivity contribution >= 4 is 12.6 Å². The zero-order valence-corrected chi connectivity index (χ0v) is 5.65. The van der Waals surface area contributed by atoms with Crippen LogP contribution in [0.25, 0.3) is 0 Å². The van der Waals surface area contributed by atoms with Crippen LogP contribution in [0.5, 0.6) is 0 Å². The highest BCUT2D eigenvalue weighted by molar-refractivity contribution is 6.66. The number of nitriles is 1. The Morgan fingerprint density at radius 1 is 1.27 bits per heavy atom. The van der Waals surface area contributed by atoms with Gasteiger partial charge in [0.1, 0.15) is 0 Å². The summed E-state index contributed by atoms with van der Waals surface area (Å²) in [6, 6.07) is 9.27. The summed E-state index contributed by atoms with van der Waals surface area (Å²) in [5.41, 5.74) is 1.41. The molecule has 0 aliphatic carbocycles. The molecule has 1 fully saturated rings. The molecule has 0 atom stereocenters. The van der Waals surface area contributed by atoms with Crippen molar-refractivity contribution < 1.29 is 9.61 Å². The first-order valence-electron chi connectivity index (χ1n) is 3.23. The molecule has 1 saturated heterocycles. The third-order valence-corrected chi connectivity index (χ3v) is 1.53. The van der Waals surface area contributed by atoms with Crippen molar-refractivity contribution in [2.24, 2.45) is 0 Å². The van der Waals surface area contributed by atoms with E-state index in [2.05, 4.69) is 15.7 Å². The van der Waals surface area contributed by atoms with Crippen LogP contribution in [0.4, 0.5) is 0 Å². The van der Waals surface area contributed by atoms with Gasteiger partial charge in [-0.2, -0.15) is 5.26 Å². The zero-order valence-electron chi connectivity index (χ0n) is 5.65. The second-order valence-electron chi connectivity index (χ2n) is 2.22. The normalized spacial score (nSPS) is 14.3. The van der Waals surface area contributed by atoms with Gasteiger partial charge in [-0.3, -0.25) is 9.61 Å². The van der Waals surface area contributed by atoms with E-state index in [0.717, 1.165) is 5.46 Å². The Kier molecular flexibility index (Phi) is 1.39. The van der Waals surface area contributed by atoms with Crippen LogP contribution >= 0.6 is 0 Å². The molecule has 1 aromatic rings. The van der Waals surface area contributed by atoms with Crippen LogP contribution in [-0.4, -0.2) is 7.12 Å². The molecule has 3 nitrogen and oxygen atoms in total. The van der Waals surface area contributed by atoms with E-state index in [4.69, 9.17) is 5.26 Å². The average molecular weight is 145 g/mol. The van der Waals surface area contributed by atoms with Gasteiger partial charge in [0.2, 0.25) is 0 Å². The Bertz CT molecular complexity index is 316. The standard InChI is InChI=1S/C7H4BNO2/c9-5-6-3-1-2-4-7(6)8-10-11-8/h1-4H. The van der Waals surface area contributed by atoms with Gasteiger partial charge in [0, 0.05) is 5.46 Å². The average Bonchev–Trinajstić information content (AvgIpc) is 2.87. The molecule has 0 saturated carbocycles. The monoisotopic (exact) mass is 145 g/mol. The van der Waals surface area contributed by atoms with Gasteiger partial charge in [0.25, 0.3) is 0 Å². The first kappa shape index (κ1) is 6.41. The maximum absolute atomic E-state index is 8.63. The molecule has 4 heteroatoms. The molecule has 0 aromatic heterocycles. The van der Waals surface area contributed by atoms with Crippen LogP contribution in [0.2, 0.25) is 0 Å². The van der Waals surface area contributed by atoms with E-state index in [1.54, 1.807) is 6.07 Å². The van der Waals surface area contributed by atoms with E-state index >= 15 is 0 Å². The molecule has 1 aliphatic rings. The smallest absolute Gasteiger partial charge is 0.267 e. The Labute approximate surface area is 64.2 Å². The molecule has 1 aromatic carbocycles. The number of hydrogen-bond acceptors (Lipinski definition) is 3. The predicted molar refractivity (Wildman–Crippen MR) is 38.7 cm³/mol. The van der Waals surface area contributed by atoms with Crippen molar-refractivity contribution in [3.63, 3.8) is 0 Å². The van der Waals surface area contributed by atoms with Gasteiger partial charge in [-0.05, 0) is 6.07 Å². The molecule has 0 N–H and O–H groups in total. The molecule has 0 unspecified atom stereocenters. The molecule has 0 bridgehead atoms. The number of rotatable bonds is 1. The number of hydrogen-bond donors (Lipinski definition) is 0. The maximum Gasteiger partial charge on any atom is 0.551 e. The lowest BCUT2D eigenvalue weighted by Gasteiger charge is -1.91. The minimum atomic E-state index is -0.314. The molecule has 52 valence electrons. The summed E-state index contributed by atoms with van der Waals surface area (Å²) in [5.74, 6) is 0. The minimum absolute atomic E-state index is 0.314. The van der Waals surface area contributed by atoms with Gasteiger partial charge in [-0.15, -0.1) is 0 Å². The second kappa shape index (κ2) is 2.38. The fourth-order valence-corrected chi connectivity index (χ4v) is 0.936. The largest absolute Gasteiger partial charge is 0.551 e. The Hall–Kier alpha value is -1.31. The summed E-state index contributed by atoms with van der Waals surface area (Å²) in [6.45, 7) is 0. The highest BCUT2D eigenvalue weighted by atomic mass is 17.3. The van der Waals surface area contributed by atoms with Gasteiger partial charge in [0.05, 0.1) is 11.6 Å². The molecule has 0 amide bonds. The van der Waals surface area contributed by atoms with Crippen LogP contribution in [0, 0.1) is 11.3 Å². The zero-order chi connectivity index (χ0) is 7.68. The lowest BCUT2D eigenvalue weighted by molar-refractivity contribution is 0.0850. The topological polar surface area (TPSA) is 48.9 Å². The van der Waals surface area contributed by atoms with Gasteiger partial charge in [0.15, 0.2) is 0 Å². The third-order valence-electron chi connectivity index (χ3n) is 1.53. The summed E-state index contributed by atoms with van der Waals surface area (Å²) >= 11 is 0. The van der Waals surface area contributed by atoms with E-state index in [1.807, 2.05) is 18.2 Å². The second-order valence-corrected chi connectivity index (χ2v) is 2.22. The Morgan fingerprint density at radius 2 is 2.00 bits per heavy atom. The third kappa shape index (κ3) is 1.12. The van der Waals surface area contributed by atoms with Gasteiger partial charge < -0.3 is 0 Å². The Morgan fingerprint density at radius 3 is 2.64 bits per heavy atom. The van der Waals surface area contributed by atoms with Crippen LogP contribution in [0.15, 0.2) is 24.3 Å². The maximum atomic E-state index is 8.63. The van der Waals surface area contributed by atoms with Crippen molar-refractivity contribution in [2.75, 3.05) is 0 Å². The molecule has 0 radical (unpaired) electrons. The van der Waals surface area contributed by atoms with Crippen molar-refractivity contribution in [1.82, 2.24) is 0 Å². The van der Waals surface area contributed by atoms with E-state index in [0.29, 0.717) is 5.56 Å². The number of nitrogens with zero attached hydrogens (tertiary/aromatic N) is 1. The molecule has 2 rings (SSSR count). The van der Waals surface area contributed by atoms with Crippen LogP contribution in [0.3, 0.4) is 0 Å². The first-order chi connectivity index (χ1) is 5.42. The van der Waals surface area contributed by atoms with E-state index in [1.165, 1.54) is 0 Å². The molecular weight excluding hydrogens is 141 g/mol. The van der Waals surface area contributed by atoms with Crippen molar-refractivity contribution in [3.8, 4) is 6.07 Å². The molecule has 0 spiro atoms. The van der Waals surface area contributed by atoms with Crippen LogP contribution in [0.1, 0.15) is 5.56 Å². The highest BCUT2D eigenvalue weighted by Crippen LogP contribution is 2.09. The van der Waals surface area contributed by atoms with Crippen molar-refractivity contribution in [3.05, 3.63) is 29.8 Å². The molecular formula is C7H4BNO2. The lowest BCUT2D eigenvalue weighted by atomic mass is 9.79. The molecule has 11 heavy (non-hydrogen) atoms. The van der Waals surface area contributed by atoms with Gasteiger partial charge in [-0.25, -0.2) is 0 Å². The highest BCUT2D eigenvalue weighted by Gasteiger charge is 2.39. The van der Waals surface area contributed by atoms with E-state index < -0.39 is 0 Å². The Balaban J connectivity index is 2.44. The van der Waals surface area contributed by atoms with E-state index in [-0.39, 0.29) is 7.12 Å². The summed E-state index contributed by atoms with van der Waals surface area (Å²) in [7, 11) is -0.314. The summed E-state index contributed by atoms with van der Waals surface area (Å²) in [6.07, 6.45) is 0. The fourth-order valence-electron chi connectivity index (χ4n) is 0.936. The SMILES string of the molecule is N#Cc1ccccc1B1OO1. The molecule has 1 heterocycles.